The number of hydrogen-bond acceptors (Lipinski definition) is 9. The van der Waals surface area contributed by atoms with Gasteiger partial charge in [0.25, 0.3) is 5.89 Å². The minimum absolute atomic E-state index is 0.0692. The van der Waals surface area contributed by atoms with Gasteiger partial charge in [-0.25, -0.2) is 9.97 Å². The smallest absolute Gasteiger partial charge is 0.284 e. The number of nitrogens with one attached hydrogen (secondary N) is 1. The Hall–Kier alpha value is -3.92. The Balaban J connectivity index is 1.39. The molecule has 3 aromatic heterocycles. The maximum Gasteiger partial charge on any atom is 0.284 e. The lowest BCUT2D eigenvalue weighted by atomic mass is 9.87. The number of anilines is 2. The monoisotopic (exact) mass is 500 g/mol. The highest BCUT2D eigenvalue weighted by molar-refractivity contribution is 5.92. The predicted octanol–water partition coefficient (Wildman–Crippen LogP) is 4.49. The number of rotatable bonds is 6. The highest BCUT2D eigenvalue weighted by Gasteiger charge is 2.28. The molecule has 1 aliphatic heterocycles. The molecule has 0 bridgehead atoms. The fourth-order valence-electron chi connectivity index (χ4n) is 4.56. The summed E-state index contributed by atoms with van der Waals surface area (Å²) in [5, 5.41) is 15.5. The first-order valence-corrected chi connectivity index (χ1v) is 12.4. The molecule has 4 heterocycles. The molecule has 1 atom stereocenters. The lowest BCUT2D eigenvalue weighted by Crippen LogP contribution is -2.17. The highest BCUT2D eigenvalue weighted by atomic mass is 16.4. The SMILES string of the molecule is CN1CC[C@@H](CC(=O)c2nnc(C(C)(C)C)o2)c2ccc(-c3ccnc(Nc4cnn(C)c4)n3)cc2C1. The number of hydrogen-bond donors (Lipinski definition) is 1. The molecule has 10 nitrogen and oxygen atoms in total. The van der Waals surface area contributed by atoms with Gasteiger partial charge in [0, 0.05) is 43.4 Å². The molecule has 0 fully saturated rings. The largest absolute Gasteiger partial charge is 0.418 e. The number of aryl methyl sites for hydroxylation is 1. The molecule has 0 saturated carbocycles. The second-order valence-corrected chi connectivity index (χ2v) is 10.7. The minimum atomic E-state index is -0.298. The van der Waals surface area contributed by atoms with Crippen molar-refractivity contribution in [2.75, 3.05) is 18.9 Å². The van der Waals surface area contributed by atoms with Crippen molar-refractivity contribution < 1.29 is 9.21 Å². The average molecular weight is 501 g/mol. The van der Waals surface area contributed by atoms with Gasteiger partial charge in [-0.3, -0.25) is 9.48 Å². The number of Topliss-reactive ketones (excluding diaryl/α,β-unsaturated/α-hetero) is 1. The van der Waals surface area contributed by atoms with E-state index in [4.69, 9.17) is 9.40 Å². The van der Waals surface area contributed by atoms with Crippen molar-refractivity contribution in [1.29, 1.82) is 0 Å². The Labute approximate surface area is 216 Å². The van der Waals surface area contributed by atoms with E-state index >= 15 is 0 Å². The molecule has 0 unspecified atom stereocenters. The van der Waals surface area contributed by atoms with Crippen LogP contribution in [0.2, 0.25) is 0 Å². The van der Waals surface area contributed by atoms with E-state index in [1.54, 1.807) is 17.1 Å². The van der Waals surface area contributed by atoms with Crippen LogP contribution < -0.4 is 5.32 Å². The van der Waals surface area contributed by atoms with Crippen LogP contribution in [0.5, 0.6) is 0 Å². The van der Waals surface area contributed by atoms with Crippen molar-refractivity contribution in [2.45, 2.75) is 51.5 Å². The van der Waals surface area contributed by atoms with Crippen LogP contribution >= 0.6 is 0 Å². The van der Waals surface area contributed by atoms with Crippen LogP contribution in [0.25, 0.3) is 11.3 Å². The quantitative estimate of drug-likeness (QED) is 0.382. The van der Waals surface area contributed by atoms with Gasteiger partial charge in [0.15, 0.2) is 0 Å². The summed E-state index contributed by atoms with van der Waals surface area (Å²) in [6, 6.07) is 8.28. The predicted molar refractivity (Wildman–Crippen MR) is 140 cm³/mol. The second kappa shape index (κ2) is 9.85. The van der Waals surface area contributed by atoms with Crippen LogP contribution in [-0.2, 0) is 19.0 Å². The molecule has 192 valence electrons. The van der Waals surface area contributed by atoms with Crippen LogP contribution in [0.1, 0.15) is 67.2 Å². The first-order valence-electron chi connectivity index (χ1n) is 12.4. The van der Waals surface area contributed by atoms with E-state index in [-0.39, 0.29) is 23.0 Å². The first-order chi connectivity index (χ1) is 17.7. The third kappa shape index (κ3) is 5.59. The number of ketones is 1. The second-order valence-electron chi connectivity index (χ2n) is 10.7. The molecule has 1 aromatic carbocycles. The van der Waals surface area contributed by atoms with Gasteiger partial charge >= 0.3 is 0 Å². The molecular weight excluding hydrogens is 468 g/mol. The Kier molecular flexibility index (Phi) is 6.59. The van der Waals surface area contributed by atoms with Crippen molar-refractivity contribution in [1.82, 2.24) is 34.8 Å². The van der Waals surface area contributed by atoms with Crippen LogP contribution in [0.15, 0.2) is 47.3 Å². The highest BCUT2D eigenvalue weighted by Crippen LogP contribution is 2.34. The van der Waals surface area contributed by atoms with Gasteiger partial charge in [-0.05, 0) is 49.2 Å². The maximum absolute atomic E-state index is 13.1. The van der Waals surface area contributed by atoms with Gasteiger partial charge in [0.05, 0.1) is 17.6 Å². The van der Waals surface area contributed by atoms with Crippen molar-refractivity contribution in [3.63, 3.8) is 0 Å². The summed E-state index contributed by atoms with van der Waals surface area (Å²) in [4.78, 5) is 24.4. The fourth-order valence-corrected chi connectivity index (χ4v) is 4.56. The van der Waals surface area contributed by atoms with Crippen molar-refractivity contribution in [2.24, 2.45) is 7.05 Å². The molecule has 37 heavy (non-hydrogen) atoms. The number of carbonyl (C=O) groups excluding carboxylic acids is 1. The molecule has 0 saturated heterocycles. The third-order valence-electron chi connectivity index (χ3n) is 6.53. The van der Waals surface area contributed by atoms with Crippen LogP contribution in [0.4, 0.5) is 11.6 Å². The topological polar surface area (TPSA) is 115 Å². The molecule has 0 amide bonds. The minimum Gasteiger partial charge on any atom is -0.418 e. The van der Waals surface area contributed by atoms with E-state index < -0.39 is 0 Å². The van der Waals surface area contributed by atoms with Gasteiger partial charge in [-0.2, -0.15) is 5.10 Å². The molecule has 1 aliphatic rings. The number of aromatic nitrogens is 6. The molecule has 1 N–H and O–H groups in total. The van der Waals surface area contributed by atoms with E-state index in [0.717, 1.165) is 36.5 Å². The summed E-state index contributed by atoms with van der Waals surface area (Å²) in [5.74, 6) is 1.03. The van der Waals surface area contributed by atoms with Gasteiger partial charge in [-0.1, -0.05) is 32.9 Å². The summed E-state index contributed by atoms with van der Waals surface area (Å²) < 4.78 is 7.44. The molecule has 10 heteroatoms. The normalized spacial score (nSPS) is 16.3. The summed E-state index contributed by atoms with van der Waals surface area (Å²) >= 11 is 0. The van der Waals surface area contributed by atoms with E-state index in [9.17, 15) is 4.79 Å². The van der Waals surface area contributed by atoms with Crippen molar-refractivity contribution >= 4 is 17.4 Å². The molecule has 0 radical (unpaired) electrons. The Morgan fingerprint density at radius 3 is 2.76 bits per heavy atom. The van der Waals surface area contributed by atoms with Crippen molar-refractivity contribution in [3.8, 4) is 11.3 Å². The number of carbonyl (C=O) groups is 1. The fraction of sp³-hybridized carbons (Fsp3) is 0.407. The lowest BCUT2D eigenvalue weighted by Gasteiger charge is -2.17. The van der Waals surface area contributed by atoms with Gasteiger partial charge in [-0.15, -0.1) is 10.2 Å². The zero-order valence-corrected chi connectivity index (χ0v) is 21.9. The number of nitrogens with zero attached hydrogens (tertiary/aromatic N) is 7. The zero-order valence-electron chi connectivity index (χ0n) is 21.9. The summed E-state index contributed by atoms with van der Waals surface area (Å²) in [6.45, 7) is 7.65. The standard InChI is InChI=1S/C27H32N8O2/c1-27(2,3)25-33-32-24(37-25)23(36)13-17-9-11-34(4)15-19-12-18(6-7-21(17)19)22-8-10-28-26(31-22)30-20-14-29-35(5)16-20/h6-8,10,12,14,16-17H,9,11,13,15H2,1-5H3,(H,28,30,31)/t17-/m0/s1. The Morgan fingerprint density at radius 1 is 1.19 bits per heavy atom. The molecule has 5 rings (SSSR count). The third-order valence-corrected chi connectivity index (χ3v) is 6.53. The average Bonchev–Trinajstić information content (AvgIpc) is 3.48. The van der Waals surface area contributed by atoms with E-state index in [2.05, 4.69) is 55.7 Å². The summed E-state index contributed by atoms with van der Waals surface area (Å²) in [5.41, 5.74) is 4.73. The Morgan fingerprint density at radius 2 is 2.03 bits per heavy atom. The van der Waals surface area contributed by atoms with Crippen LogP contribution in [-0.4, -0.2) is 54.2 Å². The van der Waals surface area contributed by atoms with Crippen LogP contribution in [0, 0.1) is 0 Å². The number of benzene rings is 1. The summed E-state index contributed by atoms with van der Waals surface area (Å²) in [7, 11) is 3.97. The lowest BCUT2D eigenvalue weighted by molar-refractivity contribution is 0.0934. The molecular formula is C27H32N8O2. The van der Waals surface area contributed by atoms with Gasteiger partial charge in [0.2, 0.25) is 17.6 Å². The number of fused-ring (bicyclic) bond motifs is 1. The van der Waals surface area contributed by atoms with Gasteiger partial charge < -0.3 is 14.6 Å². The summed E-state index contributed by atoms with van der Waals surface area (Å²) in [6.07, 6.45) is 6.55. The van der Waals surface area contributed by atoms with E-state index in [1.807, 2.05) is 40.1 Å². The molecule has 0 spiro atoms. The van der Waals surface area contributed by atoms with Crippen LogP contribution in [0.3, 0.4) is 0 Å². The van der Waals surface area contributed by atoms with E-state index in [1.165, 1.54) is 11.1 Å². The Bertz CT molecular complexity index is 1420. The van der Waals surface area contributed by atoms with E-state index in [0.29, 0.717) is 18.3 Å². The molecule has 4 aromatic rings. The van der Waals surface area contributed by atoms with Crippen molar-refractivity contribution in [3.05, 3.63) is 65.8 Å². The zero-order chi connectivity index (χ0) is 26.2. The first kappa shape index (κ1) is 24.8. The van der Waals surface area contributed by atoms with Gasteiger partial charge in [0.1, 0.15) is 0 Å². The molecule has 0 aliphatic carbocycles. The maximum atomic E-state index is 13.1.